The molecule has 0 spiro atoms. The highest BCUT2D eigenvalue weighted by atomic mass is 32.2. The summed E-state index contributed by atoms with van der Waals surface area (Å²) in [4.78, 5) is 19.6. The molecule has 7 nitrogen and oxygen atoms in total. The zero-order chi connectivity index (χ0) is 21.9. The predicted molar refractivity (Wildman–Crippen MR) is 122 cm³/mol. The minimum absolute atomic E-state index is 0.0697. The molecular formula is C24H25N3O4S. The van der Waals surface area contributed by atoms with Crippen molar-refractivity contribution in [3.63, 3.8) is 0 Å². The van der Waals surface area contributed by atoms with E-state index in [2.05, 4.69) is 4.98 Å². The Morgan fingerprint density at radius 3 is 2.78 bits per heavy atom. The first kappa shape index (κ1) is 20.8. The molecule has 32 heavy (non-hydrogen) atoms. The van der Waals surface area contributed by atoms with Crippen LogP contribution in [-0.4, -0.2) is 53.0 Å². The maximum absolute atomic E-state index is 13.1. The Hall–Kier alpha value is -3.13. The van der Waals surface area contributed by atoms with E-state index in [0.717, 1.165) is 53.0 Å². The molecule has 0 radical (unpaired) electrons. The summed E-state index contributed by atoms with van der Waals surface area (Å²) >= 11 is 1.46. The molecule has 0 N–H and O–H groups in total. The van der Waals surface area contributed by atoms with Crippen molar-refractivity contribution in [3.05, 3.63) is 60.4 Å². The smallest absolute Gasteiger partial charge is 0.233 e. The fourth-order valence-electron chi connectivity index (χ4n) is 4.22. The number of thioether (sulfide) groups is 1. The van der Waals surface area contributed by atoms with E-state index >= 15 is 0 Å². The molecule has 2 aliphatic heterocycles. The maximum atomic E-state index is 13.1. The van der Waals surface area contributed by atoms with Gasteiger partial charge in [-0.25, -0.2) is 4.98 Å². The number of amides is 1. The van der Waals surface area contributed by atoms with Gasteiger partial charge in [-0.15, -0.1) is 0 Å². The second-order valence-corrected chi connectivity index (χ2v) is 8.66. The lowest BCUT2D eigenvalue weighted by molar-refractivity contribution is -0.129. The highest BCUT2D eigenvalue weighted by Crippen LogP contribution is 2.38. The first-order chi connectivity index (χ1) is 15.7. The van der Waals surface area contributed by atoms with Crippen molar-refractivity contribution < 1.29 is 19.0 Å². The van der Waals surface area contributed by atoms with Gasteiger partial charge in [-0.05, 0) is 54.8 Å². The van der Waals surface area contributed by atoms with Crippen LogP contribution in [0.1, 0.15) is 24.4 Å². The van der Waals surface area contributed by atoms with Crippen molar-refractivity contribution in [2.75, 3.05) is 32.6 Å². The highest BCUT2D eigenvalue weighted by Gasteiger charge is 2.31. The summed E-state index contributed by atoms with van der Waals surface area (Å²) in [6.45, 7) is 1.90. The number of likely N-dealkylation sites (tertiary alicyclic amines) is 1. The van der Waals surface area contributed by atoms with E-state index in [1.165, 1.54) is 11.8 Å². The Bertz CT molecular complexity index is 1100. The summed E-state index contributed by atoms with van der Waals surface area (Å²) in [6.07, 6.45) is 5.61. The van der Waals surface area contributed by atoms with Crippen molar-refractivity contribution in [3.8, 4) is 22.9 Å². The maximum Gasteiger partial charge on any atom is 0.233 e. The Morgan fingerprint density at radius 1 is 1.16 bits per heavy atom. The normalized spacial score (nSPS) is 17.4. The van der Waals surface area contributed by atoms with E-state index in [1.54, 1.807) is 13.3 Å². The zero-order valence-corrected chi connectivity index (χ0v) is 18.7. The zero-order valence-electron chi connectivity index (χ0n) is 17.9. The van der Waals surface area contributed by atoms with E-state index in [4.69, 9.17) is 14.2 Å². The van der Waals surface area contributed by atoms with Gasteiger partial charge in [0.15, 0.2) is 16.7 Å². The van der Waals surface area contributed by atoms with Crippen molar-refractivity contribution in [2.45, 2.75) is 24.0 Å². The molecule has 1 unspecified atom stereocenters. The summed E-state index contributed by atoms with van der Waals surface area (Å²) in [5, 5.41) is 0.790. The monoisotopic (exact) mass is 451 g/mol. The molecule has 2 aromatic carbocycles. The predicted octanol–water partition coefficient (Wildman–Crippen LogP) is 4.11. The number of ether oxygens (including phenoxy) is 3. The van der Waals surface area contributed by atoms with E-state index in [9.17, 15) is 4.79 Å². The van der Waals surface area contributed by atoms with Crippen LogP contribution in [0.25, 0.3) is 5.69 Å². The first-order valence-corrected chi connectivity index (χ1v) is 11.7. The van der Waals surface area contributed by atoms with Crippen LogP contribution in [0.3, 0.4) is 0 Å². The number of nitrogens with zero attached hydrogens (tertiary/aromatic N) is 3. The SMILES string of the molecule is COc1ccc(-n2ccnc2SCC(=O)N2CCCC2c2ccc3c(c2)OCCO3)cc1. The molecule has 0 aliphatic carbocycles. The number of rotatable bonds is 6. The molecule has 1 atom stereocenters. The second kappa shape index (κ2) is 9.16. The Labute approximate surface area is 191 Å². The summed E-state index contributed by atoms with van der Waals surface area (Å²) in [5.41, 5.74) is 2.08. The van der Waals surface area contributed by atoms with Crippen LogP contribution in [0, 0.1) is 0 Å². The van der Waals surface area contributed by atoms with Crippen LogP contribution >= 0.6 is 11.8 Å². The van der Waals surface area contributed by atoms with Gasteiger partial charge in [0.25, 0.3) is 0 Å². The van der Waals surface area contributed by atoms with Crippen LogP contribution in [0.5, 0.6) is 17.2 Å². The van der Waals surface area contributed by atoms with Crippen LogP contribution < -0.4 is 14.2 Å². The third-order valence-corrected chi connectivity index (χ3v) is 6.76. The lowest BCUT2D eigenvalue weighted by Gasteiger charge is -2.26. The summed E-state index contributed by atoms with van der Waals surface area (Å²) < 4.78 is 18.6. The quantitative estimate of drug-likeness (QED) is 0.526. The number of carbonyl (C=O) groups excluding carboxylic acids is 1. The molecule has 2 aliphatic rings. The molecule has 166 valence electrons. The number of hydrogen-bond donors (Lipinski definition) is 0. The number of benzene rings is 2. The Morgan fingerprint density at radius 2 is 1.97 bits per heavy atom. The summed E-state index contributed by atoms with van der Waals surface area (Å²) in [7, 11) is 1.65. The molecule has 8 heteroatoms. The molecule has 0 bridgehead atoms. The average Bonchev–Trinajstić information content (AvgIpc) is 3.52. The molecule has 3 aromatic rings. The van der Waals surface area contributed by atoms with Crippen molar-refractivity contribution >= 4 is 17.7 Å². The van der Waals surface area contributed by atoms with Gasteiger partial charge in [-0.2, -0.15) is 0 Å². The van der Waals surface area contributed by atoms with Gasteiger partial charge in [0, 0.05) is 24.6 Å². The summed E-state index contributed by atoms with van der Waals surface area (Å²) in [6, 6.07) is 13.9. The van der Waals surface area contributed by atoms with Crippen LogP contribution in [0.2, 0.25) is 0 Å². The minimum Gasteiger partial charge on any atom is -0.497 e. The van der Waals surface area contributed by atoms with Crippen LogP contribution in [-0.2, 0) is 4.79 Å². The van der Waals surface area contributed by atoms with Gasteiger partial charge in [0.05, 0.1) is 18.9 Å². The standard InChI is InChI=1S/C24H25N3O4S/c1-29-19-7-5-18(6-8-19)26-12-10-25-24(26)32-16-23(28)27-11-2-3-20(27)17-4-9-21-22(15-17)31-14-13-30-21/h4-10,12,15,20H,2-3,11,13-14,16H2,1H3. The van der Waals surface area contributed by atoms with Crippen LogP contribution in [0.15, 0.2) is 60.0 Å². The number of aromatic nitrogens is 2. The lowest BCUT2D eigenvalue weighted by atomic mass is 10.0. The van der Waals surface area contributed by atoms with Gasteiger partial charge in [-0.3, -0.25) is 9.36 Å². The highest BCUT2D eigenvalue weighted by molar-refractivity contribution is 7.99. The second-order valence-electron chi connectivity index (χ2n) is 7.71. The number of methoxy groups -OCH3 is 1. The van der Waals surface area contributed by atoms with Gasteiger partial charge in [0.2, 0.25) is 5.91 Å². The number of imidazole rings is 1. The topological polar surface area (TPSA) is 65.8 Å². The molecular weight excluding hydrogens is 426 g/mol. The largest absolute Gasteiger partial charge is 0.497 e. The molecule has 1 fully saturated rings. The third-order valence-electron chi connectivity index (χ3n) is 5.81. The van der Waals surface area contributed by atoms with Gasteiger partial charge in [0.1, 0.15) is 19.0 Å². The molecule has 0 saturated carbocycles. The minimum atomic E-state index is 0.0697. The fraction of sp³-hybridized carbons (Fsp3) is 0.333. The van der Waals surface area contributed by atoms with Gasteiger partial charge >= 0.3 is 0 Å². The average molecular weight is 452 g/mol. The Kier molecular flexibility index (Phi) is 5.94. The molecule has 3 heterocycles. The molecule has 5 rings (SSSR count). The molecule has 1 aromatic heterocycles. The number of hydrogen-bond acceptors (Lipinski definition) is 6. The van der Waals surface area contributed by atoms with E-state index in [1.807, 2.05) is 58.1 Å². The first-order valence-electron chi connectivity index (χ1n) is 10.7. The number of fused-ring (bicyclic) bond motifs is 1. The molecule has 1 saturated heterocycles. The number of carbonyl (C=O) groups is 1. The van der Waals surface area contributed by atoms with Crippen LogP contribution in [0.4, 0.5) is 0 Å². The Balaban J connectivity index is 1.27. The van der Waals surface area contributed by atoms with Gasteiger partial charge in [-0.1, -0.05) is 17.8 Å². The lowest BCUT2D eigenvalue weighted by Crippen LogP contribution is -2.32. The van der Waals surface area contributed by atoms with Crippen molar-refractivity contribution in [2.24, 2.45) is 0 Å². The van der Waals surface area contributed by atoms with Crippen molar-refractivity contribution in [1.29, 1.82) is 0 Å². The van der Waals surface area contributed by atoms with Gasteiger partial charge < -0.3 is 19.1 Å². The third kappa shape index (κ3) is 4.14. The summed E-state index contributed by atoms with van der Waals surface area (Å²) in [5.74, 6) is 2.81. The molecule has 1 amide bonds. The fourth-order valence-corrected chi connectivity index (χ4v) is 5.08. The van der Waals surface area contributed by atoms with E-state index in [-0.39, 0.29) is 11.9 Å². The van der Waals surface area contributed by atoms with Crippen molar-refractivity contribution in [1.82, 2.24) is 14.5 Å². The van der Waals surface area contributed by atoms with E-state index in [0.29, 0.717) is 19.0 Å². The van der Waals surface area contributed by atoms with E-state index < -0.39 is 0 Å².